The summed E-state index contributed by atoms with van der Waals surface area (Å²) in [7, 11) is 1.20. The number of ether oxygens (including phenoxy) is 2. The maximum atomic E-state index is 13.5. The normalized spacial score (nSPS) is 10.1. The summed E-state index contributed by atoms with van der Waals surface area (Å²) in [6.07, 6.45) is 0. The number of nitrogens with zero attached hydrogens (tertiary/aromatic N) is 2. The summed E-state index contributed by atoms with van der Waals surface area (Å²) in [6.45, 7) is 0. The third kappa shape index (κ3) is 2.97. The Morgan fingerprint density at radius 3 is 2.74 bits per heavy atom. The molecule has 0 saturated heterocycles. The Balaban J connectivity index is 2.40. The van der Waals surface area contributed by atoms with E-state index >= 15 is 0 Å². The van der Waals surface area contributed by atoms with E-state index < -0.39 is 11.8 Å². The molecule has 0 N–H and O–H groups in total. The Morgan fingerprint density at radius 2 is 2.05 bits per heavy atom. The number of halogens is 2. The zero-order valence-corrected chi connectivity index (χ0v) is 10.5. The molecule has 0 atom stereocenters. The second-order valence-electron chi connectivity index (χ2n) is 3.41. The first-order chi connectivity index (χ1) is 9.11. The molecule has 1 aromatic carbocycles. The van der Waals surface area contributed by atoms with E-state index in [0.29, 0.717) is 0 Å². The monoisotopic (exact) mass is 282 g/mol. The fraction of sp³-hybridized carbons (Fsp3) is 0.0833. The van der Waals surface area contributed by atoms with Crippen LogP contribution in [-0.2, 0) is 4.74 Å². The van der Waals surface area contributed by atoms with E-state index in [-0.39, 0.29) is 22.3 Å². The zero-order valence-electron chi connectivity index (χ0n) is 9.76. The van der Waals surface area contributed by atoms with Crippen molar-refractivity contribution in [3.8, 4) is 11.6 Å². The highest BCUT2D eigenvalue weighted by Crippen LogP contribution is 2.26. The third-order valence-electron chi connectivity index (χ3n) is 2.18. The molecule has 0 bridgehead atoms. The summed E-state index contributed by atoms with van der Waals surface area (Å²) in [5.41, 5.74) is -0.0363. The van der Waals surface area contributed by atoms with Crippen LogP contribution < -0.4 is 4.74 Å². The van der Waals surface area contributed by atoms with E-state index in [1.54, 1.807) is 6.07 Å². The molecule has 0 aliphatic rings. The third-order valence-corrected chi connectivity index (χ3v) is 2.36. The lowest BCUT2D eigenvalue weighted by Gasteiger charge is -2.08. The van der Waals surface area contributed by atoms with Crippen LogP contribution in [0.4, 0.5) is 4.39 Å². The van der Waals surface area contributed by atoms with Crippen molar-refractivity contribution in [3.05, 3.63) is 46.9 Å². The van der Waals surface area contributed by atoms with Crippen molar-refractivity contribution < 1.29 is 18.7 Å². The van der Waals surface area contributed by atoms with E-state index in [1.807, 2.05) is 0 Å². The van der Waals surface area contributed by atoms with Crippen molar-refractivity contribution in [1.82, 2.24) is 10.2 Å². The second kappa shape index (κ2) is 5.62. The molecule has 98 valence electrons. The van der Waals surface area contributed by atoms with Crippen molar-refractivity contribution in [2.75, 3.05) is 7.11 Å². The number of carbonyl (C=O) groups excluding carboxylic acids is 1. The molecule has 0 radical (unpaired) electrons. The molecule has 7 heteroatoms. The molecule has 1 heterocycles. The first-order valence-corrected chi connectivity index (χ1v) is 5.53. The van der Waals surface area contributed by atoms with Gasteiger partial charge in [0.1, 0.15) is 5.56 Å². The van der Waals surface area contributed by atoms with Gasteiger partial charge in [0.05, 0.1) is 7.11 Å². The molecule has 19 heavy (non-hydrogen) atoms. The highest BCUT2D eigenvalue weighted by atomic mass is 35.5. The number of esters is 1. The standard InChI is InChI=1S/C12H8ClFN2O3/c1-18-12(17)7-6-10(13)15-16-11(7)19-9-5-3-2-4-8(9)14/h2-6H,1H3. The van der Waals surface area contributed by atoms with Crippen molar-refractivity contribution in [2.24, 2.45) is 0 Å². The Labute approximate surface area is 112 Å². The van der Waals surface area contributed by atoms with Gasteiger partial charge in [-0.3, -0.25) is 0 Å². The first-order valence-electron chi connectivity index (χ1n) is 5.15. The summed E-state index contributed by atoms with van der Waals surface area (Å²) in [6, 6.07) is 6.94. The first kappa shape index (κ1) is 13.2. The maximum Gasteiger partial charge on any atom is 0.343 e. The van der Waals surface area contributed by atoms with E-state index in [2.05, 4.69) is 14.9 Å². The average Bonchev–Trinajstić information content (AvgIpc) is 2.42. The number of benzene rings is 1. The van der Waals surface area contributed by atoms with Crippen LogP contribution in [0, 0.1) is 5.82 Å². The van der Waals surface area contributed by atoms with E-state index in [1.165, 1.54) is 31.4 Å². The minimum Gasteiger partial charge on any atom is -0.465 e. The van der Waals surface area contributed by atoms with Crippen molar-refractivity contribution >= 4 is 17.6 Å². The van der Waals surface area contributed by atoms with Gasteiger partial charge in [-0.1, -0.05) is 23.7 Å². The highest BCUT2D eigenvalue weighted by molar-refractivity contribution is 6.29. The molecule has 5 nitrogen and oxygen atoms in total. The summed E-state index contributed by atoms with van der Waals surface area (Å²) in [4.78, 5) is 11.5. The van der Waals surface area contributed by atoms with Crippen LogP contribution in [0.25, 0.3) is 0 Å². The predicted molar refractivity (Wildman–Crippen MR) is 64.9 cm³/mol. The topological polar surface area (TPSA) is 61.3 Å². The molecular weight excluding hydrogens is 275 g/mol. The van der Waals surface area contributed by atoms with Crippen LogP contribution in [0.1, 0.15) is 10.4 Å². The second-order valence-corrected chi connectivity index (χ2v) is 3.80. The van der Waals surface area contributed by atoms with Crippen LogP contribution in [0.15, 0.2) is 30.3 Å². The molecule has 0 spiro atoms. The molecule has 0 aliphatic heterocycles. The Morgan fingerprint density at radius 1 is 1.32 bits per heavy atom. The van der Waals surface area contributed by atoms with Gasteiger partial charge >= 0.3 is 5.97 Å². The molecule has 0 fully saturated rings. The Bertz CT molecular complexity index is 622. The zero-order chi connectivity index (χ0) is 13.8. The minimum absolute atomic E-state index is 0.00119. The lowest BCUT2D eigenvalue weighted by atomic mass is 10.3. The molecule has 2 aromatic rings. The molecule has 1 aromatic heterocycles. The van der Waals surface area contributed by atoms with Gasteiger partial charge in [0.2, 0.25) is 0 Å². The van der Waals surface area contributed by atoms with Crippen LogP contribution in [0.2, 0.25) is 5.15 Å². The fourth-order valence-electron chi connectivity index (χ4n) is 1.32. The molecule has 0 unspecified atom stereocenters. The van der Waals surface area contributed by atoms with Gasteiger partial charge in [-0.15, -0.1) is 10.2 Å². The number of rotatable bonds is 3. The van der Waals surface area contributed by atoms with Crippen LogP contribution in [0.5, 0.6) is 11.6 Å². The van der Waals surface area contributed by atoms with Gasteiger partial charge in [0.15, 0.2) is 16.7 Å². The number of hydrogen-bond acceptors (Lipinski definition) is 5. The highest BCUT2D eigenvalue weighted by Gasteiger charge is 2.18. The molecular formula is C12H8ClFN2O3. The smallest absolute Gasteiger partial charge is 0.343 e. The van der Waals surface area contributed by atoms with E-state index in [9.17, 15) is 9.18 Å². The lowest BCUT2D eigenvalue weighted by molar-refractivity contribution is 0.0596. The SMILES string of the molecule is COC(=O)c1cc(Cl)nnc1Oc1ccccc1F. The van der Waals surface area contributed by atoms with Gasteiger partial charge in [-0.05, 0) is 18.2 Å². The van der Waals surface area contributed by atoms with Crippen LogP contribution in [0.3, 0.4) is 0 Å². The molecule has 0 saturated carbocycles. The number of methoxy groups -OCH3 is 1. The van der Waals surface area contributed by atoms with E-state index in [0.717, 1.165) is 0 Å². The molecule has 2 rings (SSSR count). The largest absolute Gasteiger partial charge is 0.465 e. The maximum absolute atomic E-state index is 13.5. The van der Waals surface area contributed by atoms with Gasteiger partial charge < -0.3 is 9.47 Å². The van der Waals surface area contributed by atoms with Gasteiger partial charge in [0, 0.05) is 0 Å². The van der Waals surface area contributed by atoms with Gasteiger partial charge in [-0.25, -0.2) is 9.18 Å². The van der Waals surface area contributed by atoms with Crippen LogP contribution >= 0.6 is 11.6 Å². The Hall–Kier alpha value is -2.21. The summed E-state index contributed by atoms with van der Waals surface area (Å²) in [5.74, 6) is -1.55. The van der Waals surface area contributed by atoms with E-state index in [4.69, 9.17) is 16.3 Å². The number of para-hydroxylation sites is 1. The quantitative estimate of drug-likeness (QED) is 0.810. The van der Waals surface area contributed by atoms with Gasteiger partial charge in [-0.2, -0.15) is 0 Å². The summed E-state index contributed by atoms with van der Waals surface area (Å²) >= 11 is 5.64. The summed E-state index contributed by atoms with van der Waals surface area (Å²) in [5, 5.41) is 7.16. The molecule has 0 amide bonds. The van der Waals surface area contributed by atoms with Gasteiger partial charge in [0.25, 0.3) is 5.88 Å². The predicted octanol–water partition coefficient (Wildman–Crippen LogP) is 2.85. The summed E-state index contributed by atoms with van der Waals surface area (Å²) < 4.78 is 23.2. The Kier molecular flexibility index (Phi) is 3.91. The average molecular weight is 283 g/mol. The number of aromatic nitrogens is 2. The molecule has 0 aliphatic carbocycles. The number of carbonyl (C=O) groups is 1. The fourth-order valence-corrected chi connectivity index (χ4v) is 1.47. The lowest BCUT2D eigenvalue weighted by Crippen LogP contribution is -2.06. The van der Waals surface area contributed by atoms with Crippen LogP contribution in [-0.4, -0.2) is 23.3 Å². The van der Waals surface area contributed by atoms with Crippen molar-refractivity contribution in [3.63, 3.8) is 0 Å². The number of hydrogen-bond donors (Lipinski definition) is 0. The minimum atomic E-state index is -0.705. The van der Waals surface area contributed by atoms with Crippen molar-refractivity contribution in [1.29, 1.82) is 0 Å². The van der Waals surface area contributed by atoms with Crippen molar-refractivity contribution in [2.45, 2.75) is 0 Å².